The van der Waals surface area contributed by atoms with Gasteiger partial charge in [-0.1, -0.05) is 24.3 Å². The molecule has 50 heavy (non-hydrogen) atoms. The van der Waals surface area contributed by atoms with Crippen molar-refractivity contribution < 1.29 is 128 Å². The smallest absolute Gasteiger partial charge is 0.744 e. The summed E-state index contributed by atoms with van der Waals surface area (Å²) in [6, 6.07) is 16.1. The zero-order valence-electron chi connectivity index (χ0n) is 26.9. The van der Waals surface area contributed by atoms with Crippen molar-refractivity contribution in [2.75, 3.05) is 17.3 Å². The molecule has 0 bridgehead atoms. The molecular formula is C27H19ClN7Na3O9S3. The third-order valence-electron chi connectivity index (χ3n) is 6.50. The summed E-state index contributed by atoms with van der Waals surface area (Å²) in [4.78, 5) is 11.4. The van der Waals surface area contributed by atoms with Crippen LogP contribution in [0, 0.1) is 6.92 Å². The Morgan fingerprint density at radius 1 is 0.720 bits per heavy atom. The Labute approximate surface area is 358 Å². The maximum absolute atomic E-state index is 12.2. The first-order chi connectivity index (χ1) is 21.9. The molecule has 5 rings (SSSR count). The molecule has 0 aliphatic heterocycles. The van der Waals surface area contributed by atoms with Crippen molar-refractivity contribution in [1.29, 1.82) is 0 Å². The van der Waals surface area contributed by atoms with Gasteiger partial charge in [-0.15, -0.1) is 10.2 Å². The number of azo groups is 1. The van der Waals surface area contributed by atoms with Gasteiger partial charge >= 0.3 is 88.7 Å². The van der Waals surface area contributed by atoms with E-state index >= 15 is 0 Å². The van der Waals surface area contributed by atoms with Crippen LogP contribution in [0.15, 0.2) is 97.7 Å². The fourth-order valence-corrected chi connectivity index (χ4v) is 6.33. The minimum atomic E-state index is -5.33. The minimum Gasteiger partial charge on any atom is -0.744 e. The molecule has 16 nitrogen and oxygen atoms in total. The van der Waals surface area contributed by atoms with Crippen LogP contribution < -0.4 is 98.9 Å². The number of halogens is 1. The van der Waals surface area contributed by atoms with Crippen LogP contribution in [-0.4, -0.2) is 60.9 Å². The summed E-state index contributed by atoms with van der Waals surface area (Å²) < 4.78 is 108. The van der Waals surface area contributed by atoms with Crippen molar-refractivity contribution in [3.8, 4) is 0 Å². The second-order valence-electron chi connectivity index (χ2n) is 9.79. The molecule has 0 saturated carbocycles. The number of aryl methyl sites for hydroxylation is 1. The molecule has 0 atom stereocenters. The van der Waals surface area contributed by atoms with Crippen molar-refractivity contribution in [3.63, 3.8) is 0 Å². The molecule has 1 heterocycles. The van der Waals surface area contributed by atoms with E-state index in [1.54, 1.807) is 42.3 Å². The predicted molar refractivity (Wildman–Crippen MR) is 166 cm³/mol. The molecule has 0 unspecified atom stereocenters. The summed E-state index contributed by atoms with van der Waals surface area (Å²) in [5.41, 5.74) is -0.143. The summed E-state index contributed by atoms with van der Waals surface area (Å²) in [5, 5.41) is 9.75. The van der Waals surface area contributed by atoms with Gasteiger partial charge in [0.25, 0.3) is 0 Å². The van der Waals surface area contributed by atoms with E-state index in [2.05, 4.69) is 30.5 Å². The third-order valence-corrected chi connectivity index (χ3v) is 9.21. The van der Waals surface area contributed by atoms with E-state index in [1.165, 1.54) is 13.0 Å². The number of rotatable bonds is 9. The van der Waals surface area contributed by atoms with E-state index in [0.717, 1.165) is 36.4 Å². The molecule has 0 aliphatic rings. The fraction of sp³-hybridized carbons (Fsp3) is 0.0741. The second kappa shape index (κ2) is 17.5. The molecule has 0 amide bonds. The fourth-order valence-electron chi connectivity index (χ4n) is 4.32. The number of fused-ring (bicyclic) bond motifs is 1. The van der Waals surface area contributed by atoms with Crippen LogP contribution in [0.5, 0.6) is 0 Å². The quantitative estimate of drug-likeness (QED) is 0.0843. The molecule has 5 aromatic rings. The van der Waals surface area contributed by atoms with Crippen LogP contribution in [0.2, 0.25) is 5.28 Å². The first-order valence-corrected chi connectivity index (χ1v) is 17.5. The Hall–Kier alpha value is -1.63. The third kappa shape index (κ3) is 10.7. The first-order valence-electron chi connectivity index (χ1n) is 12.9. The molecule has 0 spiro atoms. The van der Waals surface area contributed by atoms with Gasteiger partial charge in [0.1, 0.15) is 41.7 Å². The van der Waals surface area contributed by atoms with Gasteiger partial charge < -0.3 is 23.9 Å². The summed E-state index contributed by atoms with van der Waals surface area (Å²) in [7, 11) is -13.9. The Balaban J connectivity index is 0.00000289. The van der Waals surface area contributed by atoms with Crippen LogP contribution >= 0.6 is 11.6 Å². The van der Waals surface area contributed by atoms with Gasteiger partial charge in [-0.2, -0.15) is 15.0 Å². The van der Waals surface area contributed by atoms with E-state index in [1.807, 2.05) is 0 Å². The molecule has 4 aromatic carbocycles. The minimum absolute atomic E-state index is 0. The van der Waals surface area contributed by atoms with E-state index in [-0.39, 0.29) is 122 Å². The van der Waals surface area contributed by atoms with E-state index < -0.39 is 56.4 Å². The predicted octanol–water partition coefficient (Wildman–Crippen LogP) is -4.36. The standard InChI is InChI=1S/C27H22ClN7O9S3.3Na/c1-15-8-9-20(23(10-15)46(39,40)41)33-34-22-14-19-16(12-24(22)47(42,43)44)11-18(45(36,37)38)13-21(19)29-26-30-25(28)31-27(32-26)35(2)17-6-4-3-5-7-17;;;/h3-14H,1-2H3,(H,36,37,38)(H,39,40,41)(H,42,43,44)(H,29,30,31,32);;;/q;3*+1/p-3. The van der Waals surface area contributed by atoms with Crippen molar-refractivity contribution in [1.82, 2.24) is 15.0 Å². The van der Waals surface area contributed by atoms with Gasteiger partial charge in [0, 0.05) is 18.1 Å². The number of anilines is 4. The number of aromatic nitrogens is 3. The largest absolute Gasteiger partial charge is 1.00 e. The number of nitrogens with zero attached hydrogens (tertiary/aromatic N) is 6. The SMILES string of the molecule is Cc1ccc(N=Nc2cc3c(Nc4nc(Cl)nc(N(C)c5ccccc5)n4)cc(S(=O)(=O)[O-])cc3cc2S(=O)(=O)[O-])c(S(=O)(=O)[O-])c1.[Na+].[Na+].[Na+]. The van der Waals surface area contributed by atoms with Gasteiger partial charge in [-0.3, -0.25) is 0 Å². The first kappa shape index (κ1) is 44.5. The molecule has 244 valence electrons. The van der Waals surface area contributed by atoms with Gasteiger partial charge in [-0.05, 0) is 78.0 Å². The van der Waals surface area contributed by atoms with Gasteiger partial charge in [0.2, 0.25) is 17.2 Å². The summed E-state index contributed by atoms with van der Waals surface area (Å²) in [5.74, 6) is -0.162. The Bertz CT molecular complexity index is 2430. The maximum Gasteiger partial charge on any atom is 1.00 e. The number of para-hydroxylation sites is 1. The Kier molecular flexibility index (Phi) is 15.6. The van der Waals surface area contributed by atoms with Crippen molar-refractivity contribution in [3.05, 3.63) is 83.6 Å². The van der Waals surface area contributed by atoms with E-state index in [9.17, 15) is 38.9 Å². The maximum atomic E-state index is 12.2. The van der Waals surface area contributed by atoms with Crippen molar-refractivity contribution in [2.45, 2.75) is 21.6 Å². The summed E-state index contributed by atoms with van der Waals surface area (Å²) in [6.07, 6.45) is 0. The summed E-state index contributed by atoms with van der Waals surface area (Å²) >= 11 is 6.15. The molecule has 1 aromatic heterocycles. The molecular weight excluding hydrogens is 767 g/mol. The normalized spacial score (nSPS) is 11.7. The number of benzene rings is 4. The topological polar surface area (TPSA) is 250 Å². The number of nitrogens with one attached hydrogen (secondary N) is 1. The van der Waals surface area contributed by atoms with Gasteiger partial charge in [-0.25, -0.2) is 25.3 Å². The second-order valence-corrected chi connectivity index (χ2v) is 14.2. The van der Waals surface area contributed by atoms with Crippen molar-refractivity contribution in [2.24, 2.45) is 10.2 Å². The Morgan fingerprint density at radius 2 is 1.32 bits per heavy atom. The number of hydrogen-bond donors (Lipinski definition) is 1. The van der Waals surface area contributed by atoms with Crippen molar-refractivity contribution >= 4 is 87.4 Å². The van der Waals surface area contributed by atoms with Crippen LogP contribution in [0.1, 0.15) is 5.56 Å². The van der Waals surface area contributed by atoms with Gasteiger partial charge in [0.05, 0.1) is 20.4 Å². The van der Waals surface area contributed by atoms with E-state index in [4.69, 9.17) is 11.6 Å². The molecule has 0 radical (unpaired) electrons. The molecule has 1 N–H and O–H groups in total. The van der Waals surface area contributed by atoms with Crippen LogP contribution in [0.3, 0.4) is 0 Å². The average molecular weight is 786 g/mol. The molecule has 0 saturated heterocycles. The summed E-state index contributed by atoms with van der Waals surface area (Å²) in [6.45, 7) is 1.52. The Morgan fingerprint density at radius 3 is 1.92 bits per heavy atom. The molecule has 0 aliphatic carbocycles. The monoisotopic (exact) mass is 785 g/mol. The molecule has 0 fully saturated rings. The van der Waals surface area contributed by atoms with Gasteiger partial charge in [0.15, 0.2) is 0 Å². The van der Waals surface area contributed by atoms with Crippen LogP contribution in [-0.2, 0) is 30.4 Å². The van der Waals surface area contributed by atoms with E-state index in [0.29, 0.717) is 11.3 Å². The van der Waals surface area contributed by atoms with Crippen LogP contribution in [0.4, 0.5) is 34.6 Å². The zero-order chi connectivity index (χ0) is 34.3. The average Bonchev–Trinajstić information content (AvgIpc) is 2.98. The molecule has 23 heteroatoms. The zero-order valence-corrected chi connectivity index (χ0v) is 36.1. The number of hydrogen-bond acceptors (Lipinski definition) is 16. The van der Waals surface area contributed by atoms with Crippen LogP contribution in [0.25, 0.3) is 10.8 Å².